The maximum absolute atomic E-state index is 12.4. The van der Waals surface area contributed by atoms with Crippen LogP contribution in [0.3, 0.4) is 0 Å². The van der Waals surface area contributed by atoms with Gasteiger partial charge >= 0.3 is 0 Å². The van der Waals surface area contributed by atoms with E-state index in [4.69, 9.17) is 0 Å². The van der Waals surface area contributed by atoms with Crippen LogP contribution in [0.25, 0.3) is 21.8 Å². The van der Waals surface area contributed by atoms with Crippen molar-refractivity contribution >= 4 is 45.0 Å². The van der Waals surface area contributed by atoms with Crippen LogP contribution in [0.5, 0.6) is 11.8 Å². The number of carbonyl (C=O) groups excluding carboxylic acids is 2. The molecule has 0 saturated carbocycles. The first kappa shape index (κ1) is 31.6. The Balaban J connectivity index is 1.21. The fraction of sp³-hybridized carbons (Fsp3) is 0.455. The summed E-state index contributed by atoms with van der Waals surface area (Å²) in [5.41, 5.74) is 4.49. The van der Waals surface area contributed by atoms with E-state index < -0.39 is 0 Å². The van der Waals surface area contributed by atoms with Crippen LogP contribution in [0.1, 0.15) is 82.8 Å². The Labute approximate surface area is 252 Å². The van der Waals surface area contributed by atoms with Crippen molar-refractivity contribution in [3.8, 4) is 11.8 Å². The van der Waals surface area contributed by atoms with Crippen molar-refractivity contribution in [1.82, 2.24) is 9.13 Å². The summed E-state index contributed by atoms with van der Waals surface area (Å²) in [4.78, 5) is 24.7. The largest absolute Gasteiger partial charge is 0.493 e. The lowest BCUT2D eigenvalue weighted by Gasteiger charge is -2.04. The Morgan fingerprint density at radius 1 is 0.651 bits per heavy atom. The van der Waals surface area contributed by atoms with E-state index >= 15 is 0 Å². The van der Waals surface area contributed by atoms with E-state index in [9.17, 15) is 19.8 Å². The molecule has 2 amide bonds. The predicted octanol–water partition coefficient (Wildman–Crippen LogP) is 9.10. The highest BCUT2D eigenvalue weighted by atomic mass is 16.3. The highest BCUT2D eigenvalue weighted by molar-refractivity contribution is 5.96. The van der Waals surface area contributed by atoms with Gasteiger partial charge in [-0.3, -0.25) is 9.59 Å². The Bertz CT molecular complexity index is 1540. The molecule has 0 aliphatic carbocycles. The molecule has 43 heavy (non-hydrogen) atoms. The number of hydrogen-bond donors (Lipinski definition) is 2. The van der Waals surface area contributed by atoms with Crippen LogP contribution in [0, 0.1) is 13.8 Å². The lowest BCUT2D eigenvalue weighted by molar-refractivity contribution is -0.119. The summed E-state index contributed by atoms with van der Waals surface area (Å²) in [5.74, 6) is -0.581. The molecule has 228 valence electrons. The molecular formula is C33H42N6O4. The second kappa shape index (κ2) is 14.7. The predicted molar refractivity (Wildman–Crippen MR) is 169 cm³/mol. The molecule has 2 aromatic heterocycles. The summed E-state index contributed by atoms with van der Waals surface area (Å²) in [5, 5.41) is 39.0. The molecule has 0 radical (unpaired) electrons. The molecule has 2 aromatic carbocycles. The number of hydrogen-bond acceptors (Lipinski definition) is 6. The van der Waals surface area contributed by atoms with Crippen molar-refractivity contribution in [2.45, 2.75) is 98.6 Å². The van der Waals surface area contributed by atoms with Gasteiger partial charge in [0, 0.05) is 36.7 Å². The van der Waals surface area contributed by atoms with Gasteiger partial charge in [0.25, 0.3) is 11.8 Å². The quantitative estimate of drug-likeness (QED) is 0.113. The van der Waals surface area contributed by atoms with Crippen molar-refractivity contribution in [1.29, 1.82) is 0 Å². The topological polar surface area (TPSA) is 134 Å². The number of aromatic hydroxyl groups is 2. The summed E-state index contributed by atoms with van der Waals surface area (Å²) in [7, 11) is 0. The Kier molecular flexibility index (Phi) is 10.8. The zero-order valence-corrected chi connectivity index (χ0v) is 25.6. The number of nitrogens with zero attached hydrogens (tertiary/aromatic N) is 6. The normalized spacial score (nSPS) is 12.0. The third kappa shape index (κ3) is 7.55. The molecular weight excluding hydrogens is 544 g/mol. The van der Waals surface area contributed by atoms with Crippen LogP contribution >= 0.6 is 0 Å². The van der Waals surface area contributed by atoms with Gasteiger partial charge in [-0.25, -0.2) is 0 Å². The van der Waals surface area contributed by atoms with Gasteiger partial charge in [-0.05, 0) is 63.8 Å². The summed E-state index contributed by atoms with van der Waals surface area (Å²) in [6, 6.07) is 11.8. The van der Waals surface area contributed by atoms with E-state index in [1.165, 1.54) is 0 Å². The maximum Gasteiger partial charge on any atom is 0.264 e. The smallest absolute Gasteiger partial charge is 0.264 e. The molecule has 0 fully saturated rings. The van der Waals surface area contributed by atoms with E-state index in [0.717, 1.165) is 65.0 Å². The van der Waals surface area contributed by atoms with Crippen LogP contribution in [0.2, 0.25) is 0 Å². The van der Waals surface area contributed by atoms with E-state index in [-0.39, 0.29) is 36.4 Å². The van der Waals surface area contributed by atoms with Crippen LogP contribution in [-0.4, -0.2) is 31.2 Å². The monoisotopic (exact) mass is 586 g/mol. The van der Waals surface area contributed by atoms with Crippen molar-refractivity contribution in [2.75, 3.05) is 0 Å². The highest BCUT2D eigenvalue weighted by Gasteiger charge is 2.18. The number of fused-ring (bicyclic) bond motifs is 2. The first-order valence-electron chi connectivity index (χ1n) is 15.3. The summed E-state index contributed by atoms with van der Waals surface area (Å²) < 4.78 is 3.60. The minimum Gasteiger partial charge on any atom is -0.493 e. The molecule has 10 heteroatoms. The van der Waals surface area contributed by atoms with Crippen LogP contribution < -0.4 is 0 Å². The van der Waals surface area contributed by atoms with Gasteiger partial charge in [0.2, 0.25) is 11.8 Å². The molecule has 0 spiro atoms. The van der Waals surface area contributed by atoms with E-state index in [1.807, 2.05) is 64.1 Å². The molecule has 2 N–H and O–H groups in total. The zero-order chi connectivity index (χ0) is 30.9. The van der Waals surface area contributed by atoms with Gasteiger partial charge in [-0.15, -0.1) is 20.5 Å². The Morgan fingerprint density at radius 3 is 1.44 bits per heavy atom. The van der Waals surface area contributed by atoms with Crippen molar-refractivity contribution in [3.63, 3.8) is 0 Å². The minimum atomic E-state index is -0.322. The molecule has 0 aliphatic heterocycles. The summed E-state index contributed by atoms with van der Waals surface area (Å²) in [6.07, 6.45) is 6.16. The van der Waals surface area contributed by atoms with Gasteiger partial charge in [0.05, 0.1) is 11.0 Å². The van der Waals surface area contributed by atoms with Gasteiger partial charge < -0.3 is 19.3 Å². The van der Waals surface area contributed by atoms with Gasteiger partial charge in [0.15, 0.2) is 11.4 Å². The molecule has 10 nitrogen and oxygen atoms in total. The average molecular weight is 587 g/mol. The Hall–Kier alpha value is -4.34. The molecule has 2 heterocycles. The van der Waals surface area contributed by atoms with Gasteiger partial charge in [0.1, 0.15) is 0 Å². The summed E-state index contributed by atoms with van der Waals surface area (Å²) >= 11 is 0. The molecule has 0 unspecified atom stereocenters. The first-order chi connectivity index (χ1) is 20.7. The number of benzene rings is 2. The van der Waals surface area contributed by atoms with Gasteiger partial charge in [-0.2, -0.15) is 0 Å². The van der Waals surface area contributed by atoms with Crippen molar-refractivity contribution < 1.29 is 19.8 Å². The van der Waals surface area contributed by atoms with Crippen molar-refractivity contribution in [2.24, 2.45) is 20.5 Å². The number of amides is 2. The highest BCUT2D eigenvalue weighted by Crippen LogP contribution is 2.40. The number of rotatable bonds is 14. The van der Waals surface area contributed by atoms with E-state index in [2.05, 4.69) is 20.5 Å². The minimum absolute atomic E-state index is 0.0308. The number of carbonyl (C=O) groups is 2. The molecule has 0 saturated heterocycles. The SMILES string of the molecule is CCCn1c(O)c(N=NC(=O)CCCCCCCC(=O)N=Nc2c(O)n(CCC)c3ccc(C)cc23)c2cc(C)ccc21. The second-order valence-corrected chi connectivity index (χ2v) is 11.1. The third-order valence-corrected chi connectivity index (χ3v) is 7.53. The molecule has 4 rings (SSSR count). The number of unbranched alkanes of at least 4 members (excludes halogenated alkanes) is 4. The molecule has 0 atom stereocenters. The molecule has 0 bridgehead atoms. The zero-order valence-electron chi connectivity index (χ0n) is 25.6. The first-order valence-corrected chi connectivity index (χ1v) is 15.3. The van der Waals surface area contributed by atoms with Crippen LogP contribution in [-0.2, 0) is 22.7 Å². The maximum atomic E-state index is 12.4. The van der Waals surface area contributed by atoms with E-state index in [1.54, 1.807) is 9.13 Å². The number of aromatic nitrogens is 2. The fourth-order valence-electron chi connectivity index (χ4n) is 5.37. The van der Waals surface area contributed by atoms with Gasteiger partial charge in [-0.1, -0.05) is 56.4 Å². The third-order valence-electron chi connectivity index (χ3n) is 7.53. The molecule has 0 aliphatic rings. The Morgan fingerprint density at radius 2 is 1.05 bits per heavy atom. The fourth-order valence-corrected chi connectivity index (χ4v) is 5.37. The molecule has 4 aromatic rings. The average Bonchev–Trinajstić information content (AvgIpc) is 3.38. The van der Waals surface area contributed by atoms with Crippen molar-refractivity contribution in [3.05, 3.63) is 47.5 Å². The second-order valence-electron chi connectivity index (χ2n) is 11.1. The number of azo groups is 2. The van der Waals surface area contributed by atoms with Crippen LogP contribution in [0.4, 0.5) is 11.4 Å². The standard InChI is InChI=1S/C33H42N6O4/c1-5-18-38-26-16-14-22(3)20-24(26)30(32(38)42)36-34-28(40)12-10-8-7-9-11-13-29(41)35-37-31-25-21-23(4)15-17-27(25)39(19-6-2)33(31)43/h14-17,20-21,42-43H,5-13,18-19H2,1-4H3. The number of aryl methyl sites for hydroxylation is 4. The lowest BCUT2D eigenvalue weighted by atomic mass is 10.1. The summed E-state index contributed by atoms with van der Waals surface area (Å²) in [6.45, 7) is 9.32. The lowest BCUT2D eigenvalue weighted by Crippen LogP contribution is -1.95. The van der Waals surface area contributed by atoms with Crippen LogP contribution in [0.15, 0.2) is 56.9 Å². The van der Waals surface area contributed by atoms with E-state index in [0.29, 0.717) is 37.3 Å².